The maximum Gasteiger partial charge on any atom is 0.264 e. The van der Waals surface area contributed by atoms with Gasteiger partial charge in [0.25, 0.3) is 5.56 Å². The van der Waals surface area contributed by atoms with E-state index in [2.05, 4.69) is 31.9 Å². The standard InChI is InChI=1S/C24H25N7O2/c1-4-30-10-5-11-31-23(32)19(14-26-24(30)31)20-6-7-22(16(2)28-20)33-18-8-9-25-21(12-18)17-13-27-29(3)15-17/h6-9,12-15H,4-5,10-11H2,1-3H3. The van der Waals surface area contributed by atoms with Crippen LogP contribution >= 0.6 is 0 Å². The zero-order valence-electron chi connectivity index (χ0n) is 18.9. The van der Waals surface area contributed by atoms with Crippen LogP contribution in [0.4, 0.5) is 5.95 Å². The fourth-order valence-corrected chi connectivity index (χ4v) is 4.05. The van der Waals surface area contributed by atoms with Crippen molar-refractivity contribution in [3.8, 4) is 34.0 Å². The lowest BCUT2D eigenvalue weighted by Gasteiger charge is -2.29. The van der Waals surface area contributed by atoms with Gasteiger partial charge in [-0.05, 0) is 38.5 Å². The fraction of sp³-hybridized carbons (Fsp3) is 0.292. The van der Waals surface area contributed by atoms with Gasteiger partial charge in [0.1, 0.15) is 11.5 Å². The molecule has 0 unspecified atom stereocenters. The molecule has 9 nitrogen and oxygen atoms in total. The molecule has 0 atom stereocenters. The molecule has 0 aliphatic carbocycles. The van der Waals surface area contributed by atoms with Crippen LogP contribution < -0.4 is 15.2 Å². The van der Waals surface area contributed by atoms with Crippen LogP contribution in [0.1, 0.15) is 19.0 Å². The second-order valence-electron chi connectivity index (χ2n) is 8.02. The number of nitrogens with zero attached hydrogens (tertiary/aromatic N) is 7. The maximum atomic E-state index is 13.1. The first kappa shape index (κ1) is 20.9. The maximum absolute atomic E-state index is 13.1. The molecule has 0 fully saturated rings. The van der Waals surface area contributed by atoms with Gasteiger partial charge in [-0.2, -0.15) is 5.10 Å². The first-order valence-corrected chi connectivity index (χ1v) is 11.0. The first-order valence-electron chi connectivity index (χ1n) is 11.0. The molecule has 0 amide bonds. The summed E-state index contributed by atoms with van der Waals surface area (Å²) < 4.78 is 9.57. The molecular weight excluding hydrogens is 418 g/mol. The number of anilines is 1. The molecule has 168 valence electrons. The number of hydrogen-bond acceptors (Lipinski definition) is 7. The van der Waals surface area contributed by atoms with Gasteiger partial charge in [-0.15, -0.1) is 0 Å². The molecule has 33 heavy (non-hydrogen) atoms. The van der Waals surface area contributed by atoms with Gasteiger partial charge in [-0.1, -0.05) is 0 Å². The molecule has 0 saturated heterocycles. The summed E-state index contributed by atoms with van der Waals surface area (Å²) in [6.45, 7) is 6.36. The van der Waals surface area contributed by atoms with E-state index >= 15 is 0 Å². The minimum atomic E-state index is -0.0611. The Balaban J connectivity index is 1.43. The number of aryl methyl sites for hydroxylation is 2. The fourth-order valence-electron chi connectivity index (χ4n) is 4.05. The Morgan fingerprint density at radius 2 is 1.97 bits per heavy atom. The highest BCUT2D eigenvalue weighted by Crippen LogP contribution is 2.29. The highest BCUT2D eigenvalue weighted by molar-refractivity contribution is 5.61. The molecule has 4 aromatic rings. The van der Waals surface area contributed by atoms with Crippen molar-refractivity contribution >= 4 is 5.95 Å². The second-order valence-corrected chi connectivity index (χ2v) is 8.02. The molecule has 5 rings (SSSR count). The Hall–Kier alpha value is -4.01. The Morgan fingerprint density at radius 1 is 1.09 bits per heavy atom. The molecule has 9 heteroatoms. The Kier molecular flexibility index (Phi) is 5.37. The van der Waals surface area contributed by atoms with E-state index in [1.54, 1.807) is 40.0 Å². The highest BCUT2D eigenvalue weighted by atomic mass is 16.5. The molecular formula is C24H25N7O2. The van der Waals surface area contributed by atoms with Crippen LogP contribution in [0.15, 0.2) is 53.8 Å². The van der Waals surface area contributed by atoms with E-state index in [1.165, 1.54) is 0 Å². The summed E-state index contributed by atoms with van der Waals surface area (Å²) in [7, 11) is 1.87. The lowest BCUT2D eigenvalue weighted by Crippen LogP contribution is -2.38. The van der Waals surface area contributed by atoms with Gasteiger partial charge in [0, 0.05) is 56.9 Å². The number of rotatable bonds is 5. The summed E-state index contributed by atoms with van der Waals surface area (Å²) in [5.74, 6) is 2.00. The van der Waals surface area contributed by atoms with E-state index in [-0.39, 0.29) is 5.56 Å². The van der Waals surface area contributed by atoms with E-state index < -0.39 is 0 Å². The zero-order chi connectivity index (χ0) is 22.9. The van der Waals surface area contributed by atoms with E-state index in [0.29, 0.717) is 35.0 Å². The van der Waals surface area contributed by atoms with Crippen molar-refractivity contribution in [2.75, 3.05) is 18.0 Å². The molecule has 1 aliphatic rings. The third kappa shape index (κ3) is 3.97. The van der Waals surface area contributed by atoms with Crippen LogP contribution in [0.25, 0.3) is 22.5 Å². The van der Waals surface area contributed by atoms with E-state index in [1.807, 2.05) is 32.3 Å². The van der Waals surface area contributed by atoms with Gasteiger partial charge in [0.2, 0.25) is 5.95 Å². The van der Waals surface area contributed by atoms with Crippen LogP contribution in [0.2, 0.25) is 0 Å². The van der Waals surface area contributed by atoms with Gasteiger partial charge in [0.15, 0.2) is 0 Å². The molecule has 5 heterocycles. The van der Waals surface area contributed by atoms with Crippen LogP contribution in [0.3, 0.4) is 0 Å². The summed E-state index contributed by atoms with van der Waals surface area (Å²) in [5, 5.41) is 4.19. The lowest BCUT2D eigenvalue weighted by molar-refractivity contribution is 0.475. The summed E-state index contributed by atoms with van der Waals surface area (Å²) in [6.07, 6.45) is 7.93. The normalized spacial score (nSPS) is 13.1. The average Bonchev–Trinajstić information content (AvgIpc) is 3.27. The largest absolute Gasteiger partial charge is 0.455 e. The topological polar surface area (TPSA) is 91.0 Å². The third-order valence-electron chi connectivity index (χ3n) is 5.77. The SMILES string of the molecule is CCN1CCCn2c1ncc(-c1ccc(Oc3ccnc(-c4cnn(C)c4)c3)c(C)n1)c2=O. The minimum absolute atomic E-state index is 0.0611. The highest BCUT2D eigenvalue weighted by Gasteiger charge is 2.21. The molecule has 0 N–H and O–H groups in total. The monoisotopic (exact) mass is 443 g/mol. The van der Waals surface area contributed by atoms with Crippen molar-refractivity contribution in [3.05, 3.63) is 65.1 Å². The Labute approximate surface area is 191 Å². The van der Waals surface area contributed by atoms with Crippen LogP contribution in [0, 0.1) is 6.92 Å². The molecule has 0 bridgehead atoms. The Morgan fingerprint density at radius 3 is 2.73 bits per heavy atom. The van der Waals surface area contributed by atoms with Gasteiger partial charge >= 0.3 is 0 Å². The molecule has 0 aromatic carbocycles. The zero-order valence-corrected chi connectivity index (χ0v) is 18.9. The van der Waals surface area contributed by atoms with Gasteiger partial charge in [0.05, 0.1) is 28.8 Å². The summed E-state index contributed by atoms with van der Waals surface area (Å²) in [6, 6.07) is 7.30. The first-order chi connectivity index (χ1) is 16.0. The Bertz CT molecular complexity index is 1380. The van der Waals surface area contributed by atoms with Crippen LogP contribution in [-0.4, -0.2) is 42.4 Å². The predicted octanol–water partition coefficient (Wildman–Crippen LogP) is 3.43. The van der Waals surface area contributed by atoms with Crippen molar-refractivity contribution in [3.63, 3.8) is 0 Å². The number of fused-ring (bicyclic) bond motifs is 1. The quantitative estimate of drug-likeness (QED) is 0.467. The van der Waals surface area contributed by atoms with Crippen molar-refractivity contribution in [2.24, 2.45) is 7.05 Å². The lowest BCUT2D eigenvalue weighted by atomic mass is 10.2. The molecule has 4 aromatic heterocycles. The van der Waals surface area contributed by atoms with Crippen LogP contribution in [-0.2, 0) is 13.6 Å². The number of ether oxygens (including phenoxy) is 1. The summed E-state index contributed by atoms with van der Waals surface area (Å²) in [4.78, 5) is 28.9. The van der Waals surface area contributed by atoms with Crippen LogP contribution in [0.5, 0.6) is 11.5 Å². The van der Waals surface area contributed by atoms with Crippen molar-refractivity contribution in [1.82, 2.24) is 29.3 Å². The number of pyridine rings is 2. The molecule has 1 aliphatic heterocycles. The second kappa shape index (κ2) is 8.50. The average molecular weight is 444 g/mol. The summed E-state index contributed by atoms with van der Waals surface area (Å²) >= 11 is 0. The minimum Gasteiger partial charge on any atom is -0.455 e. The van der Waals surface area contributed by atoms with Crippen molar-refractivity contribution in [2.45, 2.75) is 26.8 Å². The number of aromatic nitrogens is 6. The number of hydrogen-bond donors (Lipinski definition) is 0. The summed E-state index contributed by atoms with van der Waals surface area (Å²) in [5.41, 5.74) is 3.40. The van der Waals surface area contributed by atoms with Crippen molar-refractivity contribution in [1.29, 1.82) is 0 Å². The molecule has 0 spiro atoms. The molecule has 0 radical (unpaired) electrons. The van der Waals surface area contributed by atoms with Gasteiger partial charge in [-0.3, -0.25) is 19.0 Å². The van der Waals surface area contributed by atoms with E-state index in [4.69, 9.17) is 4.74 Å². The smallest absolute Gasteiger partial charge is 0.264 e. The van der Waals surface area contributed by atoms with Gasteiger partial charge in [-0.25, -0.2) is 9.97 Å². The predicted molar refractivity (Wildman–Crippen MR) is 125 cm³/mol. The van der Waals surface area contributed by atoms with E-state index in [0.717, 1.165) is 36.7 Å². The van der Waals surface area contributed by atoms with Gasteiger partial charge < -0.3 is 9.64 Å². The molecule has 0 saturated carbocycles. The van der Waals surface area contributed by atoms with Crippen molar-refractivity contribution < 1.29 is 4.74 Å². The van der Waals surface area contributed by atoms with E-state index in [9.17, 15) is 4.79 Å². The third-order valence-corrected chi connectivity index (χ3v) is 5.77.